The van der Waals surface area contributed by atoms with Crippen molar-refractivity contribution in [2.75, 3.05) is 13.7 Å². The molecule has 0 spiro atoms. The molecule has 1 rings (SSSR count). The molecule has 0 aliphatic carbocycles. The standard InChI is InChI=1S/C11H18N2O3/c1-4-5-8(2)6-16-11-9(15-3)10(14)12-7-13-11/h7-8H,4-6H2,1-3H3,(H,12,13,14). The van der Waals surface area contributed by atoms with Crippen LogP contribution in [0.1, 0.15) is 26.7 Å². The first kappa shape index (κ1) is 12.5. The Hall–Kier alpha value is -1.52. The maximum atomic E-state index is 11.3. The summed E-state index contributed by atoms with van der Waals surface area (Å²) in [4.78, 5) is 17.7. The Balaban J connectivity index is 2.66. The van der Waals surface area contributed by atoms with Gasteiger partial charge in [-0.05, 0) is 12.3 Å². The largest absolute Gasteiger partial charge is 0.487 e. The molecule has 0 saturated carbocycles. The van der Waals surface area contributed by atoms with Crippen LogP contribution in [0.2, 0.25) is 0 Å². The Morgan fingerprint density at radius 2 is 2.31 bits per heavy atom. The van der Waals surface area contributed by atoms with Gasteiger partial charge in [-0.25, -0.2) is 4.98 Å². The third-order valence-corrected chi connectivity index (χ3v) is 2.27. The van der Waals surface area contributed by atoms with Gasteiger partial charge in [-0.15, -0.1) is 0 Å². The molecule has 0 aromatic carbocycles. The molecule has 0 amide bonds. The summed E-state index contributed by atoms with van der Waals surface area (Å²) in [7, 11) is 1.43. The van der Waals surface area contributed by atoms with Crippen molar-refractivity contribution in [3.63, 3.8) is 0 Å². The summed E-state index contributed by atoms with van der Waals surface area (Å²) >= 11 is 0. The molecule has 5 heteroatoms. The zero-order chi connectivity index (χ0) is 12.0. The molecule has 0 aliphatic rings. The maximum Gasteiger partial charge on any atom is 0.297 e. The fourth-order valence-corrected chi connectivity index (χ4v) is 1.45. The number of ether oxygens (including phenoxy) is 2. The van der Waals surface area contributed by atoms with E-state index in [-0.39, 0.29) is 17.2 Å². The van der Waals surface area contributed by atoms with Crippen molar-refractivity contribution < 1.29 is 9.47 Å². The highest BCUT2D eigenvalue weighted by Gasteiger charge is 2.11. The molecule has 1 atom stereocenters. The summed E-state index contributed by atoms with van der Waals surface area (Å²) in [6.45, 7) is 4.77. The first-order valence-electron chi connectivity index (χ1n) is 5.43. The maximum absolute atomic E-state index is 11.3. The Kier molecular flexibility index (Phi) is 4.82. The van der Waals surface area contributed by atoms with Gasteiger partial charge in [-0.1, -0.05) is 20.3 Å². The minimum absolute atomic E-state index is 0.131. The van der Waals surface area contributed by atoms with Crippen molar-refractivity contribution in [2.45, 2.75) is 26.7 Å². The smallest absolute Gasteiger partial charge is 0.297 e. The van der Waals surface area contributed by atoms with Gasteiger partial charge in [0.25, 0.3) is 11.4 Å². The number of rotatable bonds is 6. The Morgan fingerprint density at radius 1 is 1.56 bits per heavy atom. The van der Waals surface area contributed by atoms with Gasteiger partial charge < -0.3 is 14.5 Å². The van der Waals surface area contributed by atoms with Crippen molar-refractivity contribution in [2.24, 2.45) is 5.92 Å². The van der Waals surface area contributed by atoms with Gasteiger partial charge in [0.15, 0.2) is 0 Å². The fraction of sp³-hybridized carbons (Fsp3) is 0.636. The number of hydrogen-bond donors (Lipinski definition) is 1. The second-order valence-electron chi connectivity index (χ2n) is 3.77. The van der Waals surface area contributed by atoms with E-state index in [2.05, 4.69) is 23.8 Å². The highest BCUT2D eigenvalue weighted by molar-refractivity contribution is 5.29. The predicted molar refractivity (Wildman–Crippen MR) is 61.0 cm³/mol. The van der Waals surface area contributed by atoms with E-state index in [0.717, 1.165) is 12.8 Å². The molecular formula is C11H18N2O3. The lowest BCUT2D eigenvalue weighted by atomic mass is 10.1. The third kappa shape index (κ3) is 3.25. The number of H-pyrrole nitrogens is 1. The van der Waals surface area contributed by atoms with E-state index in [1.165, 1.54) is 13.4 Å². The van der Waals surface area contributed by atoms with Crippen LogP contribution < -0.4 is 15.0 Å². The number of hydrogen-bond acceptors (Lipinski definition) is 4. The molecule has 0 fully saturated rings. The molecule has 1 heterocycles. The van der Waals surface area contributed by atoms with Crippen molar-refractivity contribution in [3.8, 4) is 11.6 Å². The minimum Gasteiger partial charge on any atom is -0.487 e. The van der Waals surface area contributed by atoms with Crippen LogP contribution in [-0.4, -0.2) is 23.7 Å². The summed E-state index contributed by atoms with van der Waals surface area (Å²) in [5.74, 6) is 0.830. The summed E-state index contributed by atoms with van der Waals surface area (Å²) in [5.41, 5.74) is -0.323. The zero-order valence-corrected chi connectivity index (χ0v) is 9.95. The van der Waals surface area contributed by atoms with Crippen LogP contribution in [0.25, 0.3) is 0 Å². The normalized spacial score (nSPS) is 12.2. The second-order valence-corrected chi connectivity index (χ2v) is 3.77. The van der Waals surface area contributed by atoms with Gasteiger partial charge in [0.05, 0.1) is 20.0 Å². The molecule has 1 N–H and O–H groups in total. The van der Waals surface area contributed by atoms with E-state index < -0.39 is 0 Å². The van der Waals surface area contributed by atoms with Crippen LogP contribution in [0.4, 0.5) is 0 Å². The molecule has 1 aromatic heterocycles. The minimum atomic E-state index is -0.323. The van der Waals surface area contributed by atoms with E-state index in [1.54, 1.807) is 0 Å². The molecule has 5 nitrogen and oxygen atoms in total. The molecular weight excluding hydrogens is 208 g/mol. The van der Waals surface area contributed by atoms with Gasteiger partial charge >= 0.3 is 0 Å². The highest BCUT2D eigenvalue weighted by atomic mass is 16.5. The van der Waals surface area contributed by atoms with E-state index in [9.17, 15) is 4.79 Å². The molecule has 0 bridgehead atoms. The highest BCUT2D eigenvalue weighted by Crippen LogP contribution is 2.18. The third-order valence-electron chi connectivity index (χ3n) is 2.27. The predicted octanol–water partition coefficient (Wildman–Crippen LogP) is 1.59. The van der Waals surface area contributed by atoms with Gasteiger partial charge in [0, 0.05) is 0 Å². The Labute approximate surface area is 94.8 Å². The van der Waals surface area contributed by atoms with E-state index in [4.69, 9.17) is 9.47 Å². The van der Waals surface area contributed by atoms with Crippen LogP contribution in [0.5, 0.6) is 11.6 Å². The average Bonchev–Trinajstić information content (AvgIpc) is 2.27. The van der Waals surface area contributed by atoms with Crippen molar-refractivity contribution in [1.29, 1.82) is 0 Å². The van der Waals surface area contributed by atoms with Crippen LogP contribution >= 0.6 is 0 Å². The van der Waals surface area contributed by atoms with Crippen molar-refractivity contribution >= 4 is 0 Å². The van der Waals surface area contributed by atoms with Crippen LogP contribution in [0.15, 0.2) is 11.1 Å². The van der Waals surface area contributed by atoms with Crippen molar-refractivity contribution in [1.82, 2.24) is 9.97 Å². The molecule has 1 aromatic rings. The van der Waals surface area contributed by atoms with E-state index in [0.29, 0.717) is 12.5 Å². The molecule has 1 unspecified atom stereocenters. The SMILES string of the molecule is CCCC(C)COc1nc[nH]c(=O)c1OC. The fourth-order valence-electron chi connectivity index (χ4n) is 1.45. The molecule has 16 heavy (non-hydrogen) atoms. The molecule has 0 aliphatic heterocycles. The lowest BCUT2D eigenvalue weighted by molar-refractivity contribution is 0.230. The lowest BCUT2D eigenvalue weighted by Crippen LogP contribution is -2.15. The number of nitrogens with one attached hydrogen (secondary N) is 1. The number of methoxy groups -OCH3 is 1. The van der Waals surface area contributed by atoms with Gasteiger partial charge in [0.2, 0.25) is 5.75 Å². The molecule has 0 radical (unpaired) electrons. The van der Waals surface area contributed by atoms with E-state index in [1.807, 2.05) is 0 Å². The van der Waals surface area contributed by atoms with Crippen LogP contribution in [0.3, 0.4) is 0 Å². The summed E-state index contributed by atoms with van der Waals surface area (Å²) in [6.07, 6.45) is 3.51. The lowest BCUT2D eigenvalue weighted by Gasteiger charge is -2.12. The van der Waals surface area contributed by atoms with E-state index >= 15 is 0 Å². The Morgan fingerprint density at radius 3 is 2.94 bits per heavy atom. The van der Waals surface area contributed by atoms with Gasteiger partial charge in [-0.3, -0.25) is 4.79 Å². The number of aromatic amines is 1. The zero-order valence-electron chi connectivity index (χ0n) is 9.95. The second kappa shape index (κ2) is 6.15. The summed E-state index contributed by atoms with van der Waals surface area (Å²) < 4.78 is 10.4. The summed E-state index contributed by atoms with van der Waals surface area (Å²) in [6, 6.07) is 0. The number of nitrogens with zero attached hydrogens (tertiary/aromatic N) is 1. The monoisotopic (exact) mass is 226 g/mol. The first-order chi connectivity index (χ1) is 7.69. The molecule has 0 saturated heterocycles. The average molecular weight is 226 g/mol. The quantitative estimate of drug-likeness (QED) is 0.800. The summed E-state index contributed by atoms with van der Waals surface area (Å²) in [5, 5.41) is 0. The van der Waals surface area contributed by atoms with Crippen molar-refractivity contribution in [3.05, 3.63) is 16.7 Å². The van der Waals surface area contributed by atoms with Gasteiger partial charge in [0.1, 0.15) is 0 Å². The Bertz CT molecular complexity index is 376. The molecule has 90 valence electrons. The first-order valence-corrected chi connectivity index (χ1v) is 5.43. The van der Waals surface area contributed by atoms with Crippen LogP contribution in [-0.2, 0) is 0 Å². The number of aromatic nitrogens is 2. The van der Waals surface area contributed by atoms with Gasteiger partial charge in [-0.2, -0.15) is 0 Å². The topological polar surface area (TPSA) is 64.2 Å². The van der Waals surface area contributed by atoms with Crippen LogP contribution in [0, 0.1) is 5.92 Å².